The maximum absolute atomic E-state index is 12.8. The Bertz CT molecular complexity index is 1120. The molecule has 252 valence electrons. The van der Waals surface area contributed by atoms with E-state index in [0.717, 1.165) is 11.1 Å². The molecule has 0 spiro atoms. The van der Waals surface area contributed by atoms with Gasteiger partial charge in [0.25, 0.3) is 0 Å². The van der Waals surface area contributed by atoms with E-state index < -0.39 is 48.0 Å². The number of hydrogen-bond acceptors (Lipinski definition) is 9. The minimum absolute atomic E-state index is 0.116. The molecule has 2 aromatic carbocycles. The summed E-state index contributed by atoms with van der Waals surface area (Å²) in [6.45, 7) is 24.1. The molecule has 0 radical (unpaired) electrons. The van der Waals surface area contributed by atoms with Crippen molar-refractivity contribution in [2.75, 3.05) is 19.8 Å². The standard InChI is InChI=1S/C33H52O4.H4O5P2/c1-28(2,3)24-15-13-22(17-26(24)30(7,8)9)33(37,32(19-34,20-35)21-36)23-14-16-25(29(4,5)6)27(18-23)31(10,11)12;1-6(2)5-7(3)4/h13-18,34-37H,19-21H2,1-12H3;1-4H. The van der Waals surface area contributed by atoms with Crippen molar-refractivity contribution in [3.8, 4) is 0 Å². The molecule has 0 saturated heterocycles. The first kappa shape index (κ1) is 41.0. The average Bonchev–Trinajstić information content (AvgIpc) is 2.86. The summed E-state index contributed by atoms with van der Waals surface area (Å²) in [5.74, 6) is 0. The van der Waals surface area contributed by atoms with Gasteiger partial charge < -0.3 is 40.0 Å². The van der Waals surface area contributed by atoms with E-state index in [1.165, 1.54) is 11.1 Å². The van der Waals surface area contributed by atoms with Gasteiger partial charge in [0.2, 0.25) is 0 Å². The Morgan fingerprint density at radius 2 is 0.773 bits per heavy atom. The molecule has 0 aliphatic rings. The number of aliphatic hydroxyl groups excluding tert-OH is 3. The van der Waals surface area contributed by atoms with Gasteiger partial charge in [-0.25, -0.2) is 4.31 Å². The molecule has 0 saturated carbocycles. The zero-order valence-electron chi connectivity index (χ0n) is 28.5. The summed E-state index contributed by atoms with van der Waals surface area (Å²) in [6.07, 6.45) is 0. The first-order chi connectivity index (χ1) is 19.7. The third-order valence-electron chi connectivity index (χ3n) is 7.93. The number of aliphatic hydroxyl groups is 4. The summed E-state index contributed by atoms with van der Waals surface area (Å²) in [4.78, 5) is 31.3. The monoisotopic (exact) mass is 658 g/mol. The predicted octanol–water partition coefficient (Wildman–Crippen LogP) is 5.50. The first-order valence-corrected chi connectivity index (χ1v) is 17.0. The fourth-order valence-electron chi connectivity index (χ4n) is 5.43. The molecule has 0 aliphatic heterocycles. The van der Waals surface area contributed by atoms with Gasteiger partial charge in [0.05, 0.1) is 25.2 Å². The van der Waals surface area contributed by atoms with Crippen molar-refractivity contribution in [1.82, 2.24) is 0 Å². The highest BCUT2D eigenvalue weighted by Gasteiger charge is 2.53. The number of hydrogen-bond donors (Lipinski definition) is 8. The molecular formula is C33H56O9P2. The van der Waals surface area contributed by atoms with E-state index in [9.17, 15) is 20.4 Å². The van der Waals surface area contributed by atoms with E-state index in [0.29, 0.717) is 11.1 Å². The fourth-order valence-corrected chi connectivity index (χ4v) is 5.95. The van der Waals surface area contributed by atoms with E-state index >= 15 is 0 Å². The van der Waals surface area contributed by atoms with Gasteiger partial charge in [-0.1, -0.05) is 119 Å². The Morgan fingerprint density at radius 1 is 0.500 bits per heavy atom. The Hall–Kier alpha value is -1.06. The molecule has 0 heterocycles. The molecule has 0 atom stereocenters. The Labute approximate surface area is 266 Å². The van der Waals surface area contributed by atoms with E-state index in [4.69, 9.17) is 19.6 Å². The molecule has 0 aromatic heterocycles. The lowest BCUT2D eigenvalue weighted by Gasteiger charge is -2.46. The highest BCUT2D eigenvalue weighted by molar-refractivity contribution is 7.53. The second-order valence-corrected chi connectivity index (χ2v) is 17.2. The molecule has 11 heteroatoms. The molecule has 0 fully saturated rings. The molecule has 2 rings (SSSR count). The highest BCUT2D eigenvalue weighted by Crippen LogP contribution is 2.49. The summed E-state index contributed by atoms with van der Waals surface area (Å²) in [7, 11) is -5.22. The van der Waals surface area contributed by atoms with Gasteiger partial charge in [0.1, 0.15) is 5.60 Å². The van der Waals surface area contributed by atoms with Crippen LogP contribution in [0.25, 0.3) is 0 Å². The summed E-state index contributed by atoms with van der Waals surface area (Å²) >= 11 is 0. The Morgan fingerprint density at radius 3 is 0.955 bits per heavy atom. The van der Waals surface area contributed by atoms with Crippen molar-refractivity contribution in [3.63, 3.8) is 0 Å². The zero-order chi connectivity index (χ0) is 34.7. The topological polar surface area (TPSA) is 171 Å². The summed E-state index contributed by atoms with van der Waals surface area (Å²) in [5, 5.41) is 44.5. The third-order valence-corrected chi connectivity index (χ3v) is 9.10. The van der Waals surface area contributed by atoms with Gasteiger partial charge in [-0.05, 0) is 55.0 Å². The number of benzene rings is 2. The minimum Gasteiger partial charge on any atom is -0.395 e. The van der Waals surface area contributed by atoms with Crippen LogP contribution in [-0.2, 0) is 31.6 Å². The molecule has 8 N–H and O–H groups in total. The lowest BCUT2D eigenvalue weighted by Crippen LogP contribution is -2.54. The van der Waals surface area contributed by atoms with Crippen LogP contribution in [0.5, 0.6) is 0 Å². The van der Waals surface area contributed by atoms with Gasteiger partial charge in [-0.15, -0.1) is 0 Å². The highest BCUT2D eigenvalue weighted by atomic mass is 31.2. The van der Waals surface area contributed by atoms with Crippen molar-refractivity contribution < 1.29 is 44.3 Å². The van der Waals surface area contributed by atoms with Gasteiger partial charge in [-0.3, -0.25) is 0 Å². The summed E-state index contributed by atoms with van der Waals surface area (Å²) in [6, 6.07) is 11.9. The second kappa shape index (κ2) is 14.8. The van der Waals surface area contributed by atoms with Crippen LogP contribution in [-0.4, -0.2) is 59.8 Å². The van der Waals surface area contributed by atoms with Crippen LogP contribution in [0.4, 0.5) is 0 Å². The third kappa shape index (κ3) is 9.49. The van der Waals surface area contributed by atoms with Crippen molar-refractivity contribution in [3.05, 3.63) is 69.8 Å². The molecule has 44 heavy (non-hydrogen) atoms. The fraction of sp³-hybridized carbons (Fsp3) is 0.636. The molecule has 0 aliphatic carbocycles. The van der Waals surface area contributed by atoms with Crippen LogP contribution >= 0.6 is 17.2 Å². The van der Waals surface area contributed by atoms with Crippen molar-refractivity contribution in [2.24, 2.45) is 5.41 Å². The van der Waals surface area contributed by atoms with Crippen molar-refractivity contribution in [2.45, 2.75) is 110 Å². The normalized spacial score (nSPS) is 13.8. The molecular weight excluding hydrogens is 602 g/mol. The van der Waals surface area contributed by atoms with E-state index in [1.807, 2.05) is 36.4 Å². The quantitative estimate of drug-likeness (QED) is 0.171. The Kier molecular flexibility index (Phi) is 13.8. The zero-order valence-corrected chi connectivity index (χ0v) is 30.3. The lowest BCUT2D eigenvalue weighted by atomic mass is 9.63. The first-order valence-electron chi connectivity index (χ1n) is 14.6. The Balaban J connectivity index is 0.00000123. The van der Waals surface area contributed by atoms with Gasteiger partial charge >= 0.3 is 17.2 Å². The van der Waals surface area contributed by atoms with Crippen LogP contribution in [0.3, 0.4) is 0 Å². The maximum Gasteiger partial charge on any atom is 0.334 e. The van der Waals surface area contributed by atoms with Crippen molar-refractivity contribution >= 4 is 17.2 Å². The van der Waals surface area contributed by atoms with E-state index in [2.05, 4.69) is 87.4 Å². The van der Waals surface area contributed by atoms with E-state index in [1.54, 1.807) is 0 Å². The molecule has 9 nitrogen and oxygen atoms in total. The predicted molar refractivity (Wildman–Crippen MR) is 178 cm³/mol. The largest absolute Gasteiger partial charge is 0.395 e. The van der Waals surface area contributed by atoms with E-state index in [-0.39, 0.29) is 21.7 Å². The second-order valence-electron chi connectivity index (χ2n) is 15.6. The SMILES string of the molecule is CC(C)(C)c1ccc(C(O)(c2ccc(C(C)(C)C)c(C(C)(C)C)c2)C(CO)(CO)CO)cc1C(C)(C)C.OP(O)OP(O)O. The van der Waals surface area contributed by atoms with Crippen LogP contribution in [0, 0.1) is 5.41 Å². The molecule has 0 bridgehead atoms. The minimum atomic E-state index is -2.61. The van der Waals surface area contributed by atoms with Crippen molar-refractivity contribution in [1.29, 1.82) is 0 Å². The van der Waals surface area contributed by atoms with Crippen LogP contribution in [0.1, 0.15) is 116 Å². The van der Waals surface area contributed by atoms with Crippen LogP contribution in [0.2, 0.25) is 0 Å². The average molecular weight is 659 g/mol. The summed E-state index contributed by atoms with van der Waals surface area (Å²) < 4.78 is 3.60. The maximum atomic E-state index is 12.8. The van der Waals surface area contributed by atoms with Gasteiger partial charge in [0.15, 0.2) is 0 Å². The molecule has 2 aromatic rings. The number of rotatable bonds is 8. The van der Waals surface area contributed by atoms with Gasteiger partial charge in [-0.2, -0.15) is 0 Å². The smallest absolute Gasteiger partial charge is 0.334 e. The van der Waals surface area contributed by atoms with Crippen LogP contribution < -0.4 is 0 Å². The molecule has 0 amide bonds. The van der Waals surface area contributed by atoms with Crippen LogP contribution in [0.15, 0.2) is 36.4 Å². The lowest BCUT2D eigenvalue weighted by molar-refractivity contribution is -0.136. The molecule has 0 unspecified atom stereocenters. The summed E-state index contributed by atoms with van der Waals surface area (Å²) in [5.41, 5.74) is 1.49. The van der Waals surface area contributed by atoms with Gasteiger partial charge in [0, 0.05) is 0 Å².